The minimum Gasteiger partial charge on any atom is -0.481 e. The van der Waals surface area contributed by atoms with E-state index in [9.17, 15) is 15.0 Å². The second-order valence-electron chi connectivity index (χ2n) is 11.4. The van der Waals surface area contributed by atoms with Gasteiger partial charge in [-0.05, 0) is 104 Å². The predicted molar refractivity (Wildman–Crippen MR) is 109 cm³/mol. The smallest absolute Gasteiger partial charge is 0.303 e. The lowest BCUT2D eigenvalue weighted by atomic mass is 9.43. The molecule has 4 fully saturated rings. The molecular weight excluding hydrogens is 352 g/mol. The Morgan fingerprint density at radius 3 is 2.39 bits per heavy atom. The molecule has 0 bridgehead atoms. The lowest BCUT2D eigenvalue weighted by molar-refractivity contribution is -0.174. The quantitative estimate of drug-likeness (QED) is 0.659. The standard InChI is InChI=1S/C24H40O4/c1-14(4-7-21(27)28)17-5-6-18-22-19(9-11-24(17,18)3)23(2)10-8-16(25)12-15(23)13-20(22)26/h14-20,22,25-26H,4-13H2,1-3H3,(H,27,28)/t14?,15-,16?,17+,18+,19-,20?,22+,23-,24+/m1/s1. The van der Waals surface area contributed by atoms with E-state index in [0.29, 0.717) is 35.5 Å². The summed E-state index contributed by atoms with van der Waals surface area (Å²) in [5, 5.41) is 30.5. The highest BCUT2D eigenvalue weighted by Gasteiger charge is 2.62. The fourth-order valence-corrected chi connectivity index (χ4v) is 8.73. The molecule has 0 radical (unpaired) electrons. The average Bonchev–Trinajstić information content (AvgIpc) is 2.98. The van der Waals surface area contributed by atoms with Gasteiger partial charge in [0.15, 0.2) is 0 Å². The van der Waals surface area contributed by atoms with Gasteiger partial charge in [-0.1, -0.05) is 20.8 Å². The molecule has 10 atom stereocenters. The van der Waals surface area contributed by atoms with Crippen LogP contribution in [-0.2, 0) is 4.79 Å². The van der Waals surface area contributed by atoms with Crippen LogP contribution < -0.4 is 0 Å². The zero-order valence-electron chi connectivity index (χ0n) is 17.9. The van der Waals surface area contributed by atoms with E-state index in [4.69, 9.17) is 5.11 Å². The van der Waals surface area contributed by atoms with Crippen LogP contribution >= 0.6 is 0 Å². The zero-order chi connectivity index (χ0) is 20.3. The average molecular weight is 393 g/mol. The van der Waals surface area contributed by atoms with Gasteiger partial charge in [0.2, 0.25) is 0 Å². The number of aliphatic hydroxyl groups is 2. The molecule has 4 rings (SSSR count). The van der Waals surface area contributed by atoms with E-state index in [2.05, 4.69) is 20.8 Å². The number of carboxylic acid groups (broad SMARTS) is 1. The van der Waals surface area contributed by atoms with Crippen molar-refractivity contribution in [2.24, 2.45) is 46.3 Å². The number of hydrogen-bond acceptors (Lipinski definition) is 3. The lowest BCUT2D eigenvalue weighted by Crippen LogP contribution is -2.58. The Morgan fingerprint density at radius 2 is 1.68 bits per heavy atom. The highest BCUT2D eigenvalue weighted by atomic mass is 16.4. The van der Waals surface area contributed by atoms with E-state index in [1.165, 1.54) is 25.7 Å². The normalized spacial score (nSPS) is 51.7. The summed E-state index contributed by atoms with van der Waals surface area (Å²) in [6, 6.07) is 0. The highest BCUT2D eigenvalue weighted by Crippen LogP contribution is 2.68. The maximum atomic E-state index is 11.2. The summed E-state index contributed by atoms with van der Waals surface area (Å²) in [4.78, 5) is 11.1. The first kappa shape index (κ1) is 20.7. The first-order valence-corrected chi connectivity index (χ1v) is 11.7. The molecule has 4 nitrogen and oxygen atoms in total. The van der Waals surface area contributed by atoms with Crippen LogP contribution in [0.25, 0.3) is 0 Å². The van der Waals surface area contributed by atoms with Crippen molar-refractivity contribution < 1.29 is 20.1 Å². The van der Waals surface area contributed by atoms with Gasteiger partial charge in [0.05, 0.1) is 12.2 Å². The van der Waals surface area contributed by atoms with Gasteiger partial charge >= 0.3 is 5.97 Å². The third-order valence-electron chi connectivity index (χ3n) is 10.2. The molecule has 0 spiro atoms. The second kappa shape index (κ2) is 7.27. The zero-order valence-corrected chi connectivity index (χ0v) is 17.9. The van der Waals surface area contributed by atoms with Crippen LogP contribution in [0.15, 0.2) is 0 Å². The number of carbonyl (C=O) groups is 1. The molecule has 0 aromatic rings. The number of aliphatic carboxylic acids is 1. The summed E-state index contributed by atoms with van der Waals surface area (Å²) in [5.41, 5.74) is 0.523. The van der Waals surface area contributed by atoms with Gasteiger partial charge in [0.1, 0.15) is 0 Å². The molecule has 160 valence electrons. The van der Waals surface area contributed by atoms with Crippen LogP contribution in [0.1, 0.15) is 85.0 Å². The Labute approximate surface area is 170 Å². The van der Waals surface area contributed by atoms with Crippen molar-refractivity contribution in [3.8, 4) is 0 Å². The minimum atomic E-state index is -0.684. The molecule has 0 aromatic heterocycles. The number of fused-ring (bicyclic) bond motifs is 5. The van der Waals surface area contributed by atoms with Gasteiger partial charge in [0, 0.05) is 6.42 Å². The van der Waals surface area contributed by atoms with E-state index in [-0.39, 0.29) is 29.5 Å². The third-order valence-corrected chi connectivity index (χ3v) is 10.2. The van der Waals surface area contributed by atoms with Crippen molar-refractivity contribution in [2.75, 3.05) is 0 Å². The summed E-state index contributed by atoms with van der Waals surface area (Å²) in [7, 11) is 0. The number of rotatable bonds is 4. The summed E-state index contributed by atoms with van der Waals surface area (Å²) in [6.45, 7) is 7.16. The lowest BCUT2D eigenvalue weighted by Gasteiger charge is -2.62. The monoisotopic (exact) mass is 392 g/mol. The number of aliphatic hydroxyl groups excluding tert-OH is 2. The van der Waals surface area contributed by atoms with E-state index in [0.717, 1.165) is 32.1 Å². The molecule has 4 aliphatic rings. The Morgan fingerprint density at radius 1 is 1.00 bits per heavy atom. The summed E-state index contributed by atoms with van der Waals surface area (Å²) in [6.07, 6.45) is 9.19. The van der Waals surface area contributed by atoms with Crippen molar-refractivity contribution >= 4 is 5.97 Å². The van der Waals surface area contributed by atoms with E-state index < -0.39 is 5.97 Å². The fraction of sp³-hybridized carbons (Fsp3) is 0.958. The number of carboxylic acids is 1. The van der Waals surface area contributed by atoms with Crippen molar-refractivity contribution in [1.82, 2.24) is 0 Å². The van der Waals surface area contributed by atoms with Crippen LogP contribution in [-0.4, -0.2) is 33.5 Å². The first-order valence-electron chi connectivity index (χ1n) is 11.7. The Bertz CT molecular complexity index is 605. The van der Waals surface area contributed by atoms with Crippen LogP contribution in [0.2, 0.25) is 0 Å². The van der Waals surface area contributed by atoms with Gasteiger partial charge in [0.25, 0.3) is 0 Å². The molecule has 0 aliphatic heterocycles. The molecule has 0 heterocycles. The van der Waals surface area contributed by atoms with Crippen LogP contribution in [0.5, 0.6) is 0 Å². The summed E-state index contributed by atoms with van der Waals surface area (Å²) < 4.78 is 0. The Kier molecular flexibility index (Phi) is 5.36. The van der Waals surface area contributed by atoms with Gasteiger partial charge in [-0.15, -0.1) is 0 Å². The fourth-order valence-electron chi connectivity index (χ4n) is 8.73. The first-order chi connectivity index (χ1) is 13.2. The maximum absolute atomic E-state index is 11.2. The molecule has 0 saturated heterocycles. The topological polar surface area (TPSA) is 77.8 Å². The molecule has 4 saturated carbocycles. The molecule has 0 amide bonds. The molecule has 4 heteroatoms. The van der Waals surface area contributed by atoms with E-state index in [1.54, 1.807) is 0 Å². The van der Waals surface area contributed by atoms with Gasteiger partial charge in [-0.3, -0.25) is 4.79 Å². The Balaban J connectivity index is 1.55. The van der Waals surface area contributed by atoms with Crippen molar-refractivity contribution in [3.63, 3.8) is 0 Å². The predicted octanol–water partition coefficient (Wildman–Crippen LogP) is 4.48. The molecular formula is C24H40O4. The largest absolute Gasteiger partial charge is 0.481 e. The number of hydrogen-bond donors (Lipinski definition) is 3. The van der Waals surface area contributed by atoms with Gasteiger partial charge in [-0.2, -0.15) is 0 Å². The summed E-state index contributed by atoms with van der Waals surface area (Å²) >= 11 is 0. The molecule has 0 aromatic carbocycles. The molecule has 3 N–H and O–H groups in total. The van der Waals surface area contributed by atoms with Gasteiger partial charge < -0.3 is 15.3 Å². The Hall–Kier alpha value is -0.610. The SMILES string of the molecule is CC(CCC(=O)O)[C@@H]1CC[C@H]2[C@@H]3C(O)C[C@H]4CC(O)CC[C@@]4(C)[C@@H]3CC[C@@]12C. The van der Waals surface area contributed by atoms with Crippen molar-refractivity contribution in [3.05, 3.63) is 0 Å². The highest BCUT2D eigenvalue weighted by molar-refractivity contribution is 5.66. The maximum Gasteiger partial charge on any atom is 0.303 e. The summed E-state index contributed by atoms with van der Waals surface area (Å²) in [5.74, 6) is 2.36. The van der Waals surface area contributed by atoms with Crippen LogP contribution in [0.3, 0.4) is 0 Å². The minimum absolute atomic E-state index is 0.179. The van der Waals surface area contributed by atoms with Crippen molar-refractivity contribution in [2.45, 2.75) is 97.2 Å². The van der Waals surface area contributed by atoms with Gasteiger partial charge in [-0.25, -0.2) is 0 Å². The molecule has 3 unspecified atom stereocenters. The van der Waals surface area contributed by atoms with Crippen LogP contribution in [0, 0.1) is 46.3 Å². The van der Waals surface area contributed by atoms with Crippen LogP contribution in [0.4, 0.5) is 0 Å². The van der Waals surface area contributed by atoms with Crippen molar-refractivity contribution in [1.29, 1.82) is 0 Å². The van der Waals surface area contributed by atoms with E-state index in [1.807, 2.05) is 0 Å². The second-order valence-corrected chi connectivity index (χ2v) is 11.4. The molecule has 4 aliphatic carbocycles. The molecule has 28 heavy (non-hydrogen) atoms. The van der Waals surface area contributed by atoms with E-state index >= 15 is 0 Å². The third kappa shape index (κ3) is 3.14.